The highest BCUT2D eigenvalue weighted by atomic mass is 35.5. The van der Waals surface area contributed by atoms with Crippen LogP contribution < -0.4 is 0 Å². The predicted molar refractivity (Wildman–Crippen MR) is 58.8 cm³/mol. The summed E-state index contributed by atoms with van der Waals surface area (Å²) in [6.45, 7) is 10.2. The highest BCUT2D eigenvalue weighted by molar-refractivity contribution is 7.16. The molecule has 1 nitrogen and oxygen atoms in total. The Morgan fingerprint density at radius 1 is 1.09 bits per heavy atom. The van der Waals surface area contributed by atoms with Crippen molar-refractivity contribution in [1.29, 1.82) is 0 Å². The van der Waals surface area contributed by atoms with Gasteiger partial charge in [0.2, 0.25) is 0 Å². The summed E-state index contributed by atoms with van der Waals surface area (Å²) >= 11 is 0. The summed E-state index contributed by atoms with van der Waals surface area (Å²) in [4.78, 5) is 2.49. The Labute approximate surface area is 79.5 Å². The summed E-state index contributed by atoms with van der Waals surface area (Å²) in [5.41, 5.74) is 0. The normalized spacial score (nSPS) is 10.9. The first-order valence-electron chi connectivity index (χ1n) is 4.05. The summed E-state index contributed by atoms with van der Waals surface area (Å²) in [6.07, 6.45) is 1.18. The van der Waals surface area contributed by atoms with Crippen LogP contribution in [0.3, 0.4) is 0 Å². The van der Waals surface area contributed by atoms with Gasteiger partial charge in [-0.05, 0) is 33.9 Å². The van der Waals surface area contributed by atoms with E-state index in [0.717, 1.165) is 0 Å². The molecule has 0 amide bonds. The molecule has 0 N–H and O–H groups in total. The maximum Gasteiger partial charge on any atom is 0.00414 e. The third-order valence-corrected chi connectivity index (χ3v) is 1.97. The molecule has 0 aromatic rings. The van der Waals surface area contributed by atoms with E-state index in [1.807, 2.05) is 0 Å². The Kier molecular flexibility index (Phi) is 9.48. The number of rotatable bonds is 4. The fourth-order valence-corrected chi connectivity index (χ4v) is 1.56. The van der Waals surface area contributed by atoms with Crippen molar-refractivity contribution in [2.75, 3.05) is 12.7 Å². The standard InChI is InChI=1S/C8H20NP.ClH/c1-7(2)9(5-6-10)8(3)4;/h7-8H,5-6,10H2,1-4H3;1H. The lowest BCUT2D eigenvalue weighted by atomic mass is 10.2. The monoisotopic (exact) mass is 197 g/mol. The van der Waals surface area contributed by atoms with E-state index >= 15 is 0 Å². The van der Waals surface area contributed by atoms with Gasteiger partial charge >= 0.3 is 0 Å². The van der Waals surface area contributed by atoms with Crippen LogP contribution in [0.4, 0.5) is 0 Å². The van der Waals surface area contributed by atoms with Crippen molar-refractivity contribution < 1.29 is 0 Å². The molecule has 0 saturated heterocycles. The van der Waals surface area contributed by atoms with Crippen molar-refractivity contribution in [3.63, 3.8) is 0 Å². The van der Waals surface area contributed by atoms with Crippen LogP contribution in [0.2, 0.25) is 0 Å². The molecule has 0 aromatic heterocycles. The number of nitrogens with zero attached hydrogens (tertiary/aromatic N) is 1. The Morgan fingerprint density at radius 3 is 1.55 bits per heavy atom. The molecule has 70 valence electrons. The fourth-order valence-electron chi connectivity index (χ4n) is 1.26. The SMILES string of the molecule is CC(C)N(CCP)C(C)C.Cl. The van der Waals surface area contributed by atoms with Crippen molar-refractivity contribution in [2.45, 2.75) is 39.8 Å². The number of hydrogen-bond acceptors (Lipinski definition) is 1. The van der Waals surface area contributed by atoms with Crippen LogP contribution in [0, 0.1) is 0 Å². The minimum Gasteiger partial charge on any atom is -0.298 e. The zero-order chi connectivity index (χ0) is 8.15. The lowest BCUT2D eigenvalue weighted by Crippen LogP contribution is -2.38. The molecule has 0 radical (unpaired) electrons. The summed E-state index contributed by atoms with van der Waals surface area (Å²) in [5.74, 6) is 0. The maximum atomic E-state index is 2.77. The molecular weight excluding hydrogens is 177 g/mol. The second-order valence-electron chi connectivity index (χ2n) is 3.21. The maximum absolute atomic E-state index is 2.77. The Morgan fingerprint density at radius 2 is 1.45 bits per heavy atom. The molecule has 0 bridgehead atoms. The highest BCUT2D eigenvalue weighted by Crippen LogP contribution is 2.04. The van der Waals surface area contributed by atoms with E-state index in [2.05, 4.69) is 41.8 Å². The molecule has 3 heteroatoms. The summed E-state index contributed by atoms with van der Waals surface area (Å²) in [6, 6.07) is 1.36. The number of hydrogen-bond donors (Lipinski definition) is 0. The molecule has 0 heterocycles. The molecule has 0 aliphatic heterocycles. The molecule has 0 rings (SSSR count). The summed E-state index contributed by atoms with van der Waals surface area (Å²) < 4.78 is 0. The molecule has 0 spiro atoms. The van der Waals surface area contributed by atoms with Crippen molar-refractivity contribution in [2.24, 2.45) is 0 Å². The minimum absolute atomic E-state index is 0. The van der Waals surface area contributed by atoms with Crippen molar-refractivity contribution >= 4 is 21.6 Å². The van der Waals surface area contributed by atoms with Gasteiger partial charge in [-0.15, -0.1) is 21.6 Å². The lowest BCUT2D eigenvalue weighted by Gasteiger charge is -2.29. The average Bonchev–Trinajstić information content (AvgIpc) is 1.81. The number of halogens is 1. The van der Waals surface area contributed by atoms with Gasteiger partial charge in [-0.25, -0.2) is 0 Å². The van der Waals surface area contributed by atoms with Crippen LogP contribution in [0.5, 0.6) is 0 Å². The molecule has 1 unspecified atom stereocenters. The first-order chi connectivity index (χ1) is 4.59. The molecule has 0 fully saturated rings. The van der Waals surface area contributed by atoms with Crippen LogP contribution in [-0.2, 0) is 0 Å². The first-order valence-corrected chi connectivity index (χ1v) is 4.87. The van der Waals surface area contributed by atoms with Crippen molar-refractivity contribution in [3.05, 3.63) is 0 Å². The predicted octanol–water partition coefficient (Wildman–Crippen LogP) is 2.40. The van der Waals surface area contributed by atoms with Crippen LogP contribution in [0.15, 0.2) is 0 Å². The van der Waals surface area contributed by atoms with Crippen LogP contribution in [0.1, 0.15) is 27.7 Å². The van der Waals surface area contributed by atoms with Gasteiger partial charge < -0.3 is 0 Å². The zero-order valence-electron chi connectivity index (χ0n) is 8.00. The van der Waals surface area contributed by atoms with E-state index in [0.29, 0.717) is 12.1 Å². The van der Waals surface area contributed by atoms with Gasteiger partial charge in [-0.3, -0.25) is 4.90 Å². The Hall–Kier alpha value is 0.680. The molecular formula is C8H21ClNP. The molecule has 0 aliphatic carbocycles. The van der Waals surface area contributed by atoms with E-state index < -0.39 is 0 Å². The molecule has 11 heavy (non-hydrogen) atoms. The average molecular weight is 198 g/mol. The first kappa shape index (κ1) is 14.2. The third kappa shape index (κ3) is 5.90. The van der Waals surface area contributed by atoms with Crippen molar-refractivity contribution in [3.8, 4) is 0 Å². The van der Waals surface area contributed by atoms with Crippen molar-refractivity contribution in [1.82, 2.24) is 4.90 Å². The second kappa shape index (κ2) is 7.34. The van der Waals surface area contributed by atoms with E-state index in [1.165, 1.54) is 12.7 Å². The molecule has 0 saturated carbocycles. The van der Waals surface area contributed by atoms with Gasteiger partial charge in [0.25, 0.3) is 0 Å². The van der Waals surface area contributed by atoms with Gasteiger partial charge in [0.15, 0.2) is 0 Å². The lowest BCUT2D eigenvalue weighted by molar-refractivity contribution is 0.187. The quantitative estimate of drug-likeness (QED) is 0.626. The Bertz CT molecular complexity index is 78.2. The molecule has 1 atom stereocenters. The van der Waals surface area contributed by atoms with E-state index in [1.54, 1.807) is 0 Å². The van der Waals surface area contributed by atoms with Crippen LogP contribution in [-0.4, -0.2) is 29.7 Å². The van der Waals surface area contributed by atoms with Gasteiger partial charge in [-0.2, -0.15) is 0 Å². The molecule has 0 aromatic carbocycles. The van der Waals surface area contributed by atoms with Gasteiger partial charge in [-0.1, -0.05) is 0 Å². The smallest absolute Gasteiger partial charge is 0.00414 e. The zero-order valence-corrected chi connectivity index (χ0v) is 9.97. The van der Waals surface area contributed by atoms with E-state index in [4.69, 9.17) is 0 Å². The third-order valence-electron chi connectivity index (χ3n) is 1.71. The minimum atomic E-state index is 0. The van der Waals surface area contributed by atoms with E-state index in [-0.39, 0.29) is 12.4 Å². The highest BCUT2D eigenvalue weighted by Gasteiger charge is 2.10. The van der Waals surface area contributed by atoms with Gasteiger partial charge in [0.05, 0.1) is 0 Å². The molecule has 0 aliphatic rings. The Balaban J connectivity index is 0. The van der Waals surface area contributed by atoms with Gasteiger partial charge in [0.1, 0.15) is 0 Å². The topological polar surface area (TPSA) is 3.24 Å². The fraction of sp³-hybridized carbons (Fsp3) is 1.00. The largest absolute Gasteiger partial charge is 0.298 e. The van der Waals surface area contributed by atoms with Gasteiger partial charge in [0, 0.05) is 18.6 Å². The summed E-state index contributed by atoms with van der Waals surface area (Å²) in [5, 5.41) is 0. The van der Waals surface area contributed by atoms with E-state index in [9.17, 15) is 0 Å². The van der Waals surface area contributed by atoms with Crippen LogP contribution >= 0.6 is 21.6 Å². The van der Waals surface area contributed by atoms with Crippen LogP contribution in [0.25, 0.3) is 0 Å². The summed E-state index contributed by atoms with van der Waals surface area (Å²) in [7, 11) is 2.77. The second-order valence-corrected chi connectivity index (χ2v) is 3.79.